The van der Waals surface area contributed by atoms with E-state index in [9.17, 15) is 4.79 Å². The Balaban J connectivity index is 2.36. The SMILES string of the molecule is COc1cc(N2CC(CO)CC2=O)c(Cl)cc1Br. The van der Waals surface area contributed by atoms with Crippen LogP contribution in [0.5, 0.6) is 5.75 Å². The average molecular weight is 335 g/mol. The van der Waals surface area contributed by atoms with E-state index in [1.807, 2.05) is 0 Å². The first kappa shape index (κ1) is 13.6. The number of ether oxygens (including phenoxy) is 1. The van der Waals surface area contributed by atoms with Gasteiger partial charge in [0.25, 0.3) is 0 Å². The largest absolute Gasteiger partial charge is 0.495 e. The second kappa shape index (κ2) is 5.47. The molecule has 1 fully saturated rings. The van der Waals surface area contributed by atoms with Crippen LogP contribution >= 0.6 is 27.5 Å². The van der Waals surface area contributed by atoms with Gasteiger partial charge in [-0.1, -0.05) is 11.6 Å². The molecule has 1 heterocycles. The molecule has 1 aliphatic rings. The zero-order valence-corrected chi connectivity index (χ0v) is 12.2. The number of methoxy groups -OCH3 is 1. The number of hydrogen-bond acceptors (Lipinski definition) is 3. The Bertz CT molecular complexity index is 481. The summed E-state index contributed by atoms with van der Waals surface area (Å²) in [5.41, 5.74) is 0.623. The Morgan fingerprint density at radius 1 is 1.61 bits per heavy atom. The second-order valence-electron chi connectivity index (χ2n) is 4.20. The van der Waals surface area contributed by atoms with Crippen molar-refractivity contribution in [3.63, 3.8) is 0 Å². The fraction of sp³-hybridized carbons (Fsp3) is 0.417. The molecule has 2 rings (SSSR count). The predicted octanol–water partition coefficient (Wildman–Crippen LogP) is 2.46. The Hall–Kier alpha value is -0.780. The molecule has 1 N–H and O–H groups in total. The molecule has 0 bridgehead atoms. The van der Waals surface area contributed by atoms with E-state index in [4.69, 9.17) is 21.4 Å². The highest BCUT2D eigenvalue weighted by atomic mass is 79.9. The van der Waals surface area contributed by atoms with E-state index in [2.05, 4.69) is 15.9 Å². The molecule has 1 saturated heterocycles. The zero-order valence-electron chi connectivity index (χ0n) is 9.82. The highest BCUT2D eigenvalue weighted by Crippen LogP contribution is 2.38. The Kier molecular flexibility index (Phi) is 4.14. The zero-order chi connectivity index (χ0) is 13.3. The first-order valence-corrected chi connectivity index (χ1v) is 6.68. The van der Waals surface area contributed by atoms with Crippen LogP contribution in [-0.4, -0.2) is 31.3 Å². The normalized spacial score (nSPS) is 19.4. The van der Waals surface area contributed by atoms with Gasteiger partial charge >= 0.3 is 0 Å². The number of halogens is 2. The minimum Gasteiger partial charge on any atom is -0.495 e. The van der Waals surface area contributed by atoms with Gasteiger partial charge in [-0.15, -0.1) is 0 Å². The summed E-state index contributed by atoms with van der Waals surface area (Å²) in [6.07, 6.45) is 0.352. The molecule has 1 aromatic carbocycles. The Labute approximate surface area is 119 Å². The summed E-state index contributed by atoms with van der Waals surface area (Å²) in [5, 5.41) is 9.60. The van der Waals surface area contributed by atoms with Crippen LogP contribution in [0.3, 0.4) is 0 Å². The van der Waals surface area contributed by atoms with Crippen LogP contribution < -0.4 is 9.64 Å². The number of benzene rings is 1. The van der Waals surface area contributed by atoms with Gasteiger partial charge in [0.15, 0.2) is 0 Å². The maximum atomic E-state index is 11.9. The molecule has 6 heteroatoms. The minimum atomic E-state index is -0.0275. The molecule has 1 amide bonds. The summed E-state index contributed by atoms with van der Waals surface area (Å²) in [6, 6.07) is 3.43. The summed E-state index contributed by atoms with van der Waals surface area (Å²) in [5.74, 6) is 0.568. The van der Waals surface area contributed by atoms with E-state index < -0.39 is 0 Å². The molecule has 1 aliphatic heterocycles. The van der Waals surface area contributed by atoms with E-state index in [-0.39, 0.29) is 18.4 Å². The number of rotatable bonds is 3. The lowest BCUT2D eigenvalue weighted by molar-refractivity contribution is -0.117. The van der Waals surface area contributed by atoms with Crippen molar-refractivity contribution < 1.29 is 14.6 Å². The average Bonchev–Trinajstić information content (AvgIpc) is 2.71. The van der Waals surface area contributed by atoms with Crippen molar-refractivity contribution in [1.29, 1.82) is 0 Å². The molecule has 1 unspecified atom stereocenters. The van der Waals surface area contributed by atoms with Crippen LogP contribution in [0.2, 0.25) is 5.02 Å². The fourth-order valence-electron chi connectivity index (χ4n) is 2.02. The first-order valence-electron chi connectivity index (χ1n) is 5.51. The van der Waals surface area contributed by atoms with Gasteiger partial charge in [0.2, 0.25) is 5.91 Å². The number of hydrogen-bond donors (Lipinski definition) is 1. The monoisotopic (exact) mass is 333 g/mol. The molecule has 98 valence electrons. The van der Waals surface area contributed by atoms with Crippen LogP contribution in [0, 0.1) is 5.92 Å². The van der Waals surface area contributed by atoms with Gasteiger partial charge in [-0.2, -0.15) is 0 Å². The third kappa shape index (κ3) is 2.48. The molecule has 18 heavy (non-hydrogen) atoms. The number of amides is 1. The number of anilines is 1. The third-order valence-corrected chi connectivity index (χ3v) is 3.90. The lowest BCUT2D eigenvalue weighted by Crippen LogP contribution is -2.25. The van der Waals surface area contributed by atoms with Crippen LogP contribution in [0.25, 0.3) is 0 Å². The second-order valence-corrected chi connectivity index (χ2v) is 5.46. The van der Waals surface area contributed by atoms with Gasteiger partial charge in [-0.3, -0.25) is 4.79 Å². The van der Waals surface area contributed by atoms with Crippen molar-refractivity contribution in [2.45, 2.75) is 6.42 Å². The predicted molar refractivity (Wildman–Crippen MR) is 73.2 cm³/mol. The van der Waals surface area contributed by atoms with Gasteiger partial charge in [-0.25, -0.2) is 0 Å². The van der Waals surface area contributed by atoms with E-state index in [1.54, 1.807) is 24.1 Å². The molecular weight excluding hydrogens is 321 g/mol. The maximum absolute atomic E-state index is 11.9. The van der Waals surface area contributed by atoms with Crippen molar-refractivity contribution >= 4 is 39.1 Å². The summed E-state index contributed by atoms with van der Waals surface area (Å²) >= 11 is 9.49. The van der Waals surface area contributed by atoms with Crippen LogP contribution in [0.1, 0.15) is 6.42 Å². The van der Waals surface area contributed by atoms with Gasteiger partial charge < -0.3 is 14.7 Å². The number of carbonyl (C=O) groups excluding carboxylic acids is 1. The summed E-state index contributed by atoms with van der Waals surface area (Å²) in [6.45, 7) is 0.493. The Morgan fingerprint density at radius 2 is 2.33 bits per heavy atom. The van der Waals surface area contributed by atoms with Crippen molar-refractivity contribution in [1.82, 2.24) is 0 Å². The third-order valence-electron chi connectivity index (χ3n) is 2.98. The summed E-state index contributed by atoms with van der Waals surface area (Å²) in [4.78, 5) is 13.5. The molecule has 0 radical (unpaired) electrons. The fourth-order valence-corrected chi connectivity index (χ4v) is 2.92. The summed E-state index contributed by atoms with van der Waals surface area (Å²) in [7, 11) is 1.56. The summed E-state index contributed by atoms with van der Waals surface area (Å²) < 4.78 is 5.94. The number of nitrogens with zero attached hydrogens (tertiary/aromatic N) is 1. The topological polar surface area (TPSA) is 49.8 Å². The molecule has 1 atom stereocenters. The highest BCUT2D eigenvalue weighted by Gasteiger charge is 2.31. The van der Waals surface area contributed by atoms with Crippen LogP contribution in [-0.2, 0) is 4.79 Å². The molecule has 0 saturated carbocycles. The van der Waals surface area contributed by atoms with Gasteiger partial charge in [0.05, 0.1) is 22.3 Å². The first-order chi connectivity index (χ1) is 8.56. The molecule has 0 aliphatic carbocycles. The van der Waals surface area contributed by atoms with E-state index in [0.717, 1.165) is 4.47 Å². The number of carbonyl (C=O) groups is 1. The highest BCUT2D eigenvalue weighted by molar-refractivity contribution is 9.10. The smallest absolute Gasteiger partial charge is 0.227 e. The minimum absolute atomic E-state index is 0.00746. The van der Waals surface area contributed by atoms with Gasteiger partial charge in [0.1, 0.15) is 5.75 Å². The molecule has 4 nitrogen and oxygen atoms in total. The van der Waals surface area contributed by atoms with Crippen LogP contribution in [0.15, 0.2) is 16.6 Å². The van der Waals surface area contributed by atoms with Crippen molar-refractivity contribution in [2.24, 2.45) is 5.92 Å². The van der Waals surface area contributed by atoms with Crippen molar-refractivity contribution in [3.8, 4) is 5.75 Å². The van der Waals surface area contributed by atoms with Crippen LogP contribution in [0.4, 0.5) is 5.69 Å². The molecule has 0 spiro atoms. The lowest BCUT2D eigenvalue weighted by Gasteiger charge is -2.19. The van der Waals surface area contributed by atoms with Gasteiger partial charge in [-0.05, 0) is 22.0 Å². The molecule has 0 aromatic heterocycles. The maximum Gasteiger partial charge on any atom is 0.227 e. The molecule has 1 aromatic rings. The standard InChI is InChI=1S/C12H13BrClNO3/c1-18-11-4-10(9(14)3-8(11)13)15-5-7(6-16)2-12(15)17/h3-4,7,16H,2,5-6H2,1H3. The van der Waals surface area contributed by atoms with E-state index in [1.165, 1.54) is 0 Å². The van der Waals surface area contributed by atoms with Gasteiger partial charge in [0, 0.05) is 31.6 Å². The Morgan fingerprint density at radius 3 is 2.89 bits per heavy atom. The van der Waals surface area contributed by atoms with E-state index >= 15 is 0 Å². The van der Waals surface area contributed by atoms with E-state index in [0.29, 0.717) is 29.4 Å². The number of aliphatic hydroxyl groups is 1. The van der Waals surface area contributed by atoms with Crippen molar-refractivity contribution in [2.75, 3.05) is 25.2 Å². The molecular formula is C12H13BrClNO3. The van der Waals surface area contributed by atoms with Crippen molar-refractivity contribution in [3.05, 3.63) is 21.6 Å². The lowest BCUT2D eigenvalue weighted by atomic mass is 10.1. The quantitative estimate of drug-likeness (QED) is 0.924. The number of aliphatic hydroxyl groups excluding tert-OH is 1.